The third-order valence-electron chi connectivity index (χ3n) is 13.9. The number of hydrogen-bond acceptors (Lipinski definition) is 15. The van der Waals surface area contributed by atoms with E-state index in [-0.39, 0.29) is 52.3 Å². The number of carbonyl (C=O) groups is 4. The highest BCUT2D eigenvalue weighted by Gasteiger charge is 2.54. The Morgan fingerprint density at radius 2 is 1.40 bits per heavy atom. The number of likely N-dealkylation sites (tertiary alicyclic amines) is 1. The molecule has 3 N–H and O–H groups in total. The highest BCUT2D eigenvalue weighted by atomic mass is 16.6. The van der Waals surface area contributed by atoms with Crippen molar-refractivity contribution in [2.45, 2.75) is 69.1 Å². The summed E-state index contributed by atoms with van der Waals surface area (Å²) in [5, 5.41) is 23.4. The van der Waals surface area contributed by atoms with Crippen molar-refractivity contribution in [2.24, 2.45) is 0 Å². The fourth-order valence-corrected chi connectivity index (χ4v) is 10.3. The van der Waals surface area contributed by atoms with Crippen LogP contribution in [0.4, 0.5) is 5.69 Å². The number of aromatic hydroxyl groups is 2. The number of nitrogens with zero attached hydrogens (tertiary/aromatic N) is 1. The molecule has 0 unspecified atom stereocenters. The molecule has 1 saturated heterocycles. The molecule has 3 aliphatic heterocycles. The summed E-state index contributed by atoms with van der Waals surface area (Å²) in [6.07, 6.45) is 2.04. The van der Waals surface area contributed by atoms with Gasteiger partial charge in [-0.2, -0.15) is 0 Å². The Morgan fingerprint density at radius 3 is 2.05 bits per heavy atom. The van der Waals surface area contributed by atoms with Gasteiger partial charge in [-0.3, -0.25) is 9.59 Å². The quantitative estimate of drug-likeness (QED) is 0.0685. The predicted molar refractivity (Wildman–Crippen MR) is 274 cm³/mol. The van der Waals surface area contributed by atoms with Gasteiger partial charge in [-0.15, -0.1) is 0 Å². The van der Waals surface area contributed by atoms with Crippen LogP contribution < -0.4 is 38.5 Å². The lowest BCUT2D eigenvalue weighted by atomic mass is 9.77. The molecule has 17 nitrogen and oxygen atoms in total. The van der Waals surface area contributed by atoms with Crippen molar-refractivity contribution < 1.29 is 72.0 Å². The molecule has 1 spiro atoms. The number of carbonyl (C=O) groups excluding carboxylic acids is 4. The van der Waals surface area contributed by atoms with Gasteiger partial charge in [0.1, 0.15) is 40.9 Å². The molecule has 6 aromatic rings. The van der Waals surface area contributed by atoms with E-state index in [1.807, 2.05) is 19.1 Å². The Kier molecular flexibility index (Phi) is 15.0. The molecule has 9 rings (SSSR count). The Hall–Kier alpha value is -8.60. The number of aryl methyl sites for hydroxylation is 1. The van der Waals surface area contributed by atoms with E-state index >= 15 is 0 Å². The lowest BCUT2D eigenvalue weighted by molar-refractivity contribution is -0.162. The summed E-state index contributed by atoms with van der Waals surface area (Å²) >= 11 is 0. The number of piperidine rings is 1. The van der Waals surface area contributed by atoms with Crippen molar-refractivity contribution in [2.75, 3.05) is 54.0 Å². The first-order valence-corrected chi connectivity index (χ1v) is 24.6. The number of phenolic OH excluding ortho intramolecular Hbond substituents is 2. The number of methoxy groups -OCH3 is 5. The number of para-hydroxylation sites is 1. The second-order valence-corrected chi connectivity index (χ2v) is 18.3. The molecule has 0 radical (unpaired) electrons. The number of fused-ring (bicyclic) bond motifs is 6. The fourth-order valence-electron chi connectivity index (χ4n) is 10.3. The maximum atomic E-state index is 14.7. The molecule has 6 aromatic carbocycles. The van der Waals surface area contributed by atoms with Crippen LogP contribution in [-0.4, -0.2) is 93.6 Å². The molecule has 17 heteroatoms. The zero-order chi connectivity index (χ0) is 53.0. The molecule has 0 bridgehead atoms. The second kappa shape index (κ2) is 21.9. The van der Waals surface area contributed by atoms with Crippen molar-refractivity contribution in [3.8, 4) is 57.5 Å². The number of esters is 2. The molecule has 1 fully saturated rings. The van der Waals surface area contributed by atoms with E-state index in [1.165, 1.54) is 51.7 Å². The minimum atomic E-state index is -1.48. The topological polar surface area (TPSA) is 207 Å². The summed E-state index contributed by atoms with van der Waals surface area (Å²) in [6.45, 7) is 1.80. The van der Waals surface area contributed by atoms with E-state index in [1.54, 1.807) is 85.8 Å². The first-order valence-electron chi connectivity index (χ1n) is 24.6. The number of anilines is 1. The SMILES string of the molecule is CC[C@H](C(=O)N1CCCC[C@H]1C(=O)O[C@H](CCc1ccc(OC)c(OC)c1)c1ccccc1OCC(=O)Nc1ccc2c(c1)C(=O)OC21c2ccc(O)cc2Oc2cc(O)ccc21)c1cc(OC)c(OC)c(OC)c1. The van der Waals surface area contributed by atoms with E-state index in [9.17, 15) is 29.4 Å². The zero-order valence-corrected chi connectivity index (χ0v) is 42.4. The van der Waals surface area contributed by atoms with Crippen LogP contribution in [0, 0.1) is 0 Å². The summed E-state index contributed by atoms with van der Waals surface area (Å²) in [5.74, 6) is 0.290. The number of benzene rings is 6. The van der Waals surface area contributed by atoms with Crippen LogP contribution in [-0.2, 0) is 35.9 Å². The number of phenols is 2. The Bertz CT molecular complexity index is 3080. The molecule has 0 saturated carbocycles. The smallest absolute Gasteiger partial charge is 0.340 e. The summed E-state index contributed by atoms with van der Waals surface area (Å²) in [4.78, 5) is 58.5. The number of ether oxygens (including phenoxy) is 9. The van der Waals surface area contributed by atoms with Crippen molar-refractivity contribution >= 4 is 29.4 Å². The van der Waals surface area contributed by atoms with E-state index in [2.05, 4.69) is 5.32 Å². The number of nitrogens with one attached hydrogen (secondary N) is 1. The van der Waals surface area contributed by atoms with Gasteiger partial charge in [0.05, 0.1) is 47.0 Å². The third-order valence-corrected chi connectivity index (χ3v) is 13.9. The molecule has 0 aliphatic carbocycles. The Morgan fingerprint density at radius 1 is 0.733 bits per heavy atom. The Labute approximate surface area is 433 Å². The summed E-state index contributed by atoms with van der Waals surface area (Å²) in [6, 6.07) is 29.0. The van der Waals surface area contributed by atoms with Gasteiger partial charge in [0.25, 0.3) is 5.91 Å². The zero-order valence-electron chi connectivity index (χ0n) is 42.4. The highest BCUT2D eigenvalue weighted by molar-refractivity contribution is 6.00. The van der Waals surface area contributed by atoms with Gasteiger partial charge in [0.15, 0.2) is 35.2 Å². The van der Waals surface area contributed by atoms with Gasteiger partial charge >= 0.3 is 11.9 Å². The third kappa shape index (κ3) is 9.97. The summed E-state index contributed by atoms with van der Waals surface area (Å²) in [5.41, 5.74) is 2.42. The van der Waals surface area contributed by atoms with Gasteiger partial charge in [0, 0.05) is 46.6 Å². The maximum absolute atomic E-state index is 14.7. The number of hydrogen-bond donors (Lipinski definition) is 3. The van der Waals surface area contributed by atoms with Crippen molar-refractivity contribution in [1.29, 1.82) is 0 Å². The van der Waals surface area contributed by atoms with Gasteiger partial charge in [-0.1, -0.05) is 37.3 Å². The molecule has 3 heterocycles. The largest absolute Gasteiger partial charge is 0.508 e. The minimum Gasteiger partial charge on any atom is -0.508 e. The van der Waals surface area contributed by atoms with E-state index < -0.39 is 48.1 Å². The van der Waals surface area contributed by atoms with Crippen LogP contribution in [0.15, 0.2) is 109 Å². The molecule has 3 aliphatic rings. The van der Waals surface area contributed by atoms with Crippen LogP contribution in [0.5, 0.6) is 57.5 Å². The number of rotatable bonds is 18. The van der Waals surface area contributed by atoms with Gasteiger partial charge in [-0.25, -0.2) is 9.59 Å². The monoisotopic (exact) mass is 1020 g/mol. The lowest BCUT2D eigenvalue weighted by Crippen LogP contribution is -2.50. The maximum Gasteiger partial charge on any atom is 0.340 e. The van der Waals surface area contributed by atoms with E-state index in [0.717, 1.165) is 5.56 Å². The molecular formula is C58H58N2O15. The van der Waals surface area contributed by atoms with Crippen molar-refractivity contribution in [3.63, 3.8) is 0 Å². The molecule has 2 amide bonds. The first kappa shape index (κ1) is 51.3. The van der Waals surface area contributed by atoms with Crippen molar-refractivity contribution in [3.05, 3.63) is 148 Å². The average Bonchev–Trinajstić information content (AvgIpc) is 3.76. The van der Waals surface area contributed by atoms with Gasteiger partial charge < -0.3 is 63.1 Å². The molecular weight excluding hydrogens is 965 g/mol. The predicted octanol–water partition coefficient (Wildman–Crippen LogP) is 9.52. The number of amides is 2. The summed E-state index contributed by atoms with van der Waals surface area (Å²) in [7, 11) is 7.65. The first-order chi connectivity index (χ1) is 36.3. The van der Waals surface area contributed by atoms with Crippen molar-refractivity contribution in [1.82, 2.24) is 4.90 Å². The van der Waals surface area contributed by atoms with Gasteiger partial charge in [0.2, 0.25) is 11.7 Å². The summed E-state index contributed by atoms with van der Waals surface area (Å²) < 4.78 is 52.8. The highest BCUT2D eigenvalue weighted by Crippen LogP contribution is 2.57. The average molecular weight is 1020 g/mol. The normalized spacial score (nSPS) is 15.7. The van der Waals surface area contributed by atoms with Crippen LogP contribution in [0.25, 0.3) is 0 Å². The Balaban J connectivity index is 0.958. The second-order valence-electron chi connectivity index (χ2n) is 18.3. The van der Waals surface area contributed by atoms with Gasteiger partial charge in [-0.05, 0) is 116 Å². The molecule has 3 atom stereocenters. The molecule has 390 valence electrons. The molecule has 0 aromatic heterocycles. The van der Waals surface area contributed by atoms with E-state index in [0.29, 0.717) is 95.2 Å². The van der Waals surface area contributed by atoms with Crippen LogP contribution >= 0.6 is 0 Å². The van der Waals surface area contributed by atoms with Crippen LogP contribution in [0.2, 0.25) is 0 Å². The lowest BCUT2D eigenvalue weighted by Gasteiger charge is -2.37. The standard InChI is InChI=1S/C58H58N2O15/c1-7-38(34-27-51(69-4)54(71-6)52(28-34)70-5)55(64)60-25-11-10-13-44(60)57(66)74-46(23-15-33-16-24-47(67-2)50(26-33)68-3)39-12-8-9-14-45(39)72-32-53(63)59-35-17-20-41-40(29-35)56(65)75-58(41)42-21-18-36(61)30-48(42)73-49-31-37(62)19-22-43(49)58/h8-9,12,14,16-22,24,26-31,38,44,46,61-62H,7,10-11,13,15,23,25,32H2,1-6H3,(H,59,63)/t38-,44-,46+/m0/s1. The molecule has 75 heavy (non-hydrogen) atoms. The fraction of sp³-hybridized carbons (Fsp3) is 0.310. The van der Waals surface area contributed by atoms with E-state index in [4.69, 9.17) is 42.6 Å². The van der Waals surface area contributed by atoms with Crippen LogP contribution in [0.1, 0.15) is 94.8 Å². The minimum absolute atomic E-state index is 0.0681. The van der Waals surface area contributed by atoms with Crippen LogP contribution in [0.3, 0.4) is 0 Å².